The molecule has 1 saturated heterocycles. The van der Waals surface area contributed by atoms with Crippen LogP contribution < -0.4 is 5.43 Å². The third kappa shape index (κ3) is 5.11. The molecule has 1 atom stereocenters. The van der Waals surface area contributed by atoms with Crippen molar-refractivity contribution in [2.75, 3.05) is 6.61 Å². The number of carbonyl (C=O) groups excluding carboxylic acids is 1. The zero-order chi connectivity index (χ0) is 12.2. The Bertz CT molecular complexity index is 281. The predicted octanol–water partition coefficient (Wildman–Crippen LogP) is 2.07. The van der Waals surface area contributed by atoms with E-state index in [0.29, 0.717) is 6.61 Å². The minimum atomic E-state index is -0.515. The van der Waals surface area contributed by atoms with E-state index in [4.69, 9.17) is 9.47 Å². The molecule has 1 aliphatic heterocycles. The average molecular weight is 228 g/mol. The molecule has 16 heavy (non-hydrogen) atoms. The molecular formula is C11H20N2O3. The fraction of sp³-hybridized carbons (Fsp3) is 0.818. The van der Waals surface area contributed by atoms with Crippen molar-refractivity contribution in [2.24, 2.45) is 5.10 Å². The van der Waals surface area contributed by atoms with Gasteiger partial charge in [0, 0.05) is 18.6 Å². The van der Waals surface area contributed by atoms with Crippen molar-refractivity contribution in [2.45, 2.75) is 52.2 Å². The van der Waals surface area contributed by atoms with Gasteiger partial charge in [-0.3, -0.25) is 0 Å². The summed E-state index contributed by atoms with van der Waals surface area (Å²) in [5.41, 5.74) is 2.86. The van der Waals surface area contributed by atoms with E-state index in [9.17, 15) is 4.79 Å². The van der Waals surface area contributed by atoms with E-state index >= 15 is 0 Å². The van der Waals surface area contributed by atoms with E-state index in [-0.39, 0.29) is 6.10 Å². The van der Waals surface area contributed by atoms with Crippen LogP contribution in [0.2, 0.25) is 0 Å². The molecule has 1 aliphatic rings. The summed E-state index contributed by atoms with van der Waals surface area (Å²) in [6.07, 6.45) is 1.18. The van der Waals surface area contributed by atoms with E-state index < -0.39 is 11.7 Å². The number of amides is 1. The third-order valence-corrected chi connectivity index (χ3v) is 2.02. The number of rotatable bonds is 1. The smallest absolute Gasteiger partial charge is 0.428 e. The SMILES string of the molecule is CC1CC(=NNC(=O)OC(C)(C)C)CCO1. The van der Waals surface area contributed by atoms with Crippen LogP contribution >= 0.6 is 0 Å². The Kier molecular flexibility index (Phi) is 4.29. The van der Waals surface area contributed by atoms with Crippen molar-refractivity contribution in [3.63, 3.8) is 0 Å². The second-order valence-corrected chi connectivity index (χ2v) is 4.93. The van der Waals surface area contributed by atoms with Gasteiger partial charge in [0.05, 0.1) is 12.7 Å². The lowest BCUT2D eigenvalue weighted by atomic mass is 10.1. The van der Waals surface area contributed by atoms with Gasteiger partial charge >= 0.3 is 6.09 Å². The van der Waals surface area contributed by atoms with E-state index in [0.717, 1.165) is 18.6 Å². The molecule has 1 N–H and O–H groups in total. The zero-order valence-corrected chi connectivity index (χ0v) is 10.4. The molecule has 5 nitrogen and oxygen atoms in total. The lowest BCUT2D eigenvalue weighted by Crippen LogP contribution is -2.31. The first-order chi connectivity index (χ1) is 7.37. The van der Waals surface area contributed by atoms with Gasteiger partial charge in [0.1, 0.15) is 5.60 Å². The minimum absolute atomic E-state index is 0.174. The molecule has 1 amide bonds. The lowest BCUT2D eigenvalue weighted by molar-refractivity contribution is 0.0517. The van der Waals surface area contributed by atoms with Gasteiger partial charge < -0.3 is 9.47 Å². The first-order valence-electron chi connectivity index (χ1n) is 5.53. The van der Waals surface area contributed by atoms with Crippen LogP contribution in [0.25, 0.3) is 0 Å². The van der Waals surface area contributed by atoms with Crippen LogP contribution in [-0.4, -0.2) is 30.1 Å². The molecule has 5 heteroatoms. The fourth-order valence-electron chi connectivity index (χ4n) is 1.40. The summed E-state index contributed by atoms with van der Waals surface area (Å²) < 4.78 is 10.4. The van der Waals surface area contributed by atoms with Gasteiger partial charge in [-0.1, -0.05) is 0 Å². The normalized spacial score (nSPS) is 24.2. The molecule has 0 aromatic carbocycles. The first-order valence-corrected chi connectivity index (χ1v) is 5.53. The molecule has 1 rings (SSSR count). The van der Waals surface area contributed by atoms with Crippen molar-refractivity contribution in [1.29, 1.82) is 0 Å². The summed E-state index contributed by atoms with van der Waals surface area (Å²) in [7, 11) is 0. The zero-order valence-electron chi connectivity index (χ0n) is 10.4. The quantitative estimate of drug-likeness (QED) is 0.699. The summed E-state index contributed by atoms with van der Waals surface area (Å²) in [5.74, 6) is 0. The van der Waals surface area contributed by atoms with Gasteiger partial charge in [-0.15, -0.1) is 0 Å². The number of nitrogens with zero attached hydrogens (tertiary/aromatic N) is 1. The van der Waals surface area contributed by atoms with Crippen LogP contribution in [0.5, 0.6) is 0 Å². The standard InChI is InChI=1S/C11H20N2O3/c1-8-7-9(5-6-15-8)12-13-10(14)16-11(2,3)4/h8H,5-7H2,1-4H3,(H,13,14). The highest BCUT2D eigenvalue weighted by Crippen LogP contribution is 2.10. The monoisotopic (exact) mass is 228 g/mol. The Morgan fingerprint density at radius 2 is 2.25 bits per heavy atom. The van der Waals surface area contributed by atoms with Gasteiger partial charge in [0.25, 0.3) is 0 Å². The van der Waals surface area contributed by atoms with Gasteiger partial charge in [-0.2, -0.15) is 5.10 Å². The van der Waals surface area contributed by atoms with Crippen LogP contribution in [0.4, 0.5) is 4.79 Å². The van der Waals surface area contributed by atoms with Crippen molar-refractivity contribution >= 4 is 11.8 Å². The Labute approximate surface area is 96.2 Å². The summed E-state index contributed by atoms with van der Waals surface area (Å²) >= 11 is 0. The molecule has 0 saturated carbocycles. The Morgan fingerprint density at radius 1 is 1.56 bits per heavy atom. The lowest BCUT2D eigenvalue weighted by Gasteiger charge is -2.21. The second-order valence-electron chi connectivity index (χ2n) is 4.93. The summed E-state index contributed by atoms with van der Waals surface area (Å²) in [4.78, 5) is 11.3. The van der Waals surface area contributed by atoms with Crippen LogP contribution in [0.3, 0.4) is 0 Å². The van der Waals surface area contributed by atoms with Crippen molar-refractivity contribution < 1.29 is 14.3 Å². The highest BCUT2D eigenvalue weighted by molar-refractivity contribution is 5.86. The summed E-state index contributed by atoms with van der Waals surface area (Å²) in [6.45, 7) is 8.10. The fourth-order valence-corrected chi connectivity index (χ4v) is 1.40. The third-order valence-electron chi connectivity index (χ3n) is 2.02. The maximum Gasteiger partial charge on any atom is 0.428 e. The molecule has 92 valence electrons. The van der Waals surface area contributed by atoms with E-state index in [1.54, 1.807) is 0 Å². The molecule has 0 bridgehead atoms. The predicted molar refractivity (Wildman–Crippen MR) is 61.5 cm³/mol. The van der Waals surface area contributed by atoms with Crippen molar-refractivity contribution in [1.82, 2.24) is 5.43 Å². The number of carbonyl (C=O) groups is 1. The molecule has 1 unspecified atom stereocenters. The maximum atomic E-state index is 11.3. The van der Waals surface area contributed by atoms with Crippen molar-refractivity contribution in [3.8, 4) is 0 Å². The molecule has 0 aliphatic carbocycles. The maximum absolute atomic E-state index is 11.3. The number of hydrogen-bond donors (Lipinski definition) is 1. The topological polar surface area (TPSA) is 59.9 Å². The second kappa shape index (κ2) is 5.30. The highest BCUT2D eigenvalue weighted by atomic mass is 16.6. The van der Waals surface area contributed by atoms with E-state index in [1.807, 2.05) is 27.7 Å². The first kappa shape index (κ1) is 13.0. The largest absolute Gasteiger partial charge is 0.443 e. The molecule has 0 radical (unpaired) electrons. The van der Waals surface area contributed by atoms with E-state index in [2.05, 4.69) is 10.5 Å². The van der Waals surface area contributed by atoms with Gasteiger partial charge in [0.15, 0.2) is 0 Å². The van der Waals surface area contributed by atoms with Gasteiger partial charge in [-0.25, -0.2) is 10.2 Å². The molecule has 1 fully saturated rings. The Morgan fingerprint density at radius 3 is 2.81 bits per heavy atom. The molecule has 0 aromatic heterocycles. The van der Waals surface area contributed by atoms with Crippen LogP contribution in [-0.2, 0) is 9.47 Å². The van der Waals surface area contributed by atoms with Crippen LogP contribution in [0.1, 0.15) is 40.5 Å². The summed E-state index contributed by atoms with van der Waals surface area (Å²) in [6, 6.07) is 0. The van der Waals surface area contributed by atoms with Gasteiger partial charge in [-0.05, 0) is 27.7 Å². The van der Waals surface area contributed by atoms with Crippen LogP contribution in [0.15, 0.2) is 5.10 Å². The Balaban J connectivity index is 2.37. The number of hydrazone groups is 1. The Hall–Kier alpha value is -1.10. The summed E-state index contributed by atoms with van der Waals surface area (Å²) in [5, 5.41) is 4.03. The van der Waals surface area contributed by atoms with E-state index in [1.165, 1.54) is 0 Å². The number of hydrogen-bond acceptors (Lipinski definition) is 4. The van der Waals surface area contributed by atoms with Crippen LogP contribution in [0, 0.1) is 0 Å². The highest BCUT2D eigenvalue weighted by Gasteiger charge is 2.17. The number of ether oxygens (including phenoxy) is 2. The minimum Gasteiger partial charge on any atom is -0.443 e. The molecule has 0 spiro atoms. The molecular weight excluding hydrogens is 208 g/mol. The molecule has 0 aromatic rings. The van der Waals surface area contributed by atoms with Crippen molar-refractivity contribution in [3.05, 3.63) is 0 Å². The van der Waals surface area contributed by atoms with Gasteiger partial charge in [0.2, 0.25) is 0 Å². The average Bonchev–Trinajstić information content (AvgIpc) is 2.12. The number of nitrogens with one attached hydrogen (secondary N) is 1. The molecule has 1 heterocycles.